The monoisotopic (exact) mass is 337 g/mol. The van der Waals surface area contributed by atoms with Crippen molar-refractivity contribution in [2.24, 2.45) is 0 Å². The predicted octanol–water partition coefficient (Wildman–Crippen LogP) is 4.77. The SMILES string of the molecule is CC(C)c1ccccc1NC(=O)c1sc(N)nc1-c1ccccc1. The maximum Gasteiger partial charge on any atom is 0.268 e. The van der Waals surface area contributed by atoms with Crippen LogP contribution in [0.25, 0.3) is 11.3 Å². The molecule has 0 saturated heterocycles. The molecule has 0 atom stereocenters. The van der Waals surface area contributed by atoms with Crippen LogP contribution in [0.15, 0.2) is 54.6 Å². The molecule has 1 aromatic heterocycles. The van der Waals surface area contributed by atoms with Crippen molar-refractivity contribution in [3.05, 3.63) is 65.0 Å². The van der Waals surface area contributed by atoms with E-state index < -0.39 is 0 Å². The van der Waals surface area contributed by atoms with Gasteiger partial charge in [0.1, 0.15) is 4.88 Å². The van der Waals surface area contributed by atoms with Crippen molar-refractivity contribution in [2.45, 2.75) is 19.8 Å². The number of nitrogens with zero attached hydrogens (tertiary/aromatic N) is 1. The van der Waals surface area contributed by atoms with Crippen LogP contribution in [0.4, 0.5) is 10.8 Å². The van der Waals surface area contributed by atoms with Gasteiger partial charge in [-0.15, -0.1) is 0 Å². The molecule has 0 aliphatic carbocycles. The lowest BCUT2D eigenvalue weighted by molar-refractivity contribution is 0.103. The van der Waals surface area contributed by atoms with Gasteiger partial charge in [0, 0.05) is 11.3 Å². The van der Waals surface area contributed by atoms with Crippen LogP contribution in [0, 0.1) is 0 Å². The first-order chi connectivity index (χ1) is 11.6. The zero-order valence-electron chi connectivity index (χ0n) is 13.6. The van der Waals surface area contributed by atoms with Crippen molar-refractivity contribution in [1.29, 1.82) is 0 Å². The zero-order valence-corrected chi connectivity index (χ0v) is 14.4. The summed E-state index contributed by atoms with van der Waals surface area (Å²) in [5.74, 6) is 0.137. The van der Waals surface area contributed by atoms with Gasteiger partial charge in [-0.1, -0.05) is 73.7 Å². The molecule has 0 saturated carbocycles. The zero-order chi connectivity index (χ0) is 17.1. The van der Waals surface area contributed by atoms with Crippen molar-refractivity contribution in [1.82, 2.24) is 4.98 Å². The minimum atomic E-state index is -0.184. The third-order valence-corrected chi connectivity index (χ3v) is 4.61. The van der Waals surface area contributed by atoms with E-state index in [0.29, 0.717) is 21.6 Å². The van der Waals surface area contributed by atoms with Crippen molar-refractivity contribution >= 4 is 28.1 Å². The summed E-state index contributed by atoms with van der Waals surface area (Å²) >= 11 is 1.21. The summed E-state index contributed by atoms with van der Waals surface area (Å²) < 4.78 is 0. The Balaban J connectivity index is 1.95. The molecule has 2 aromatic carbocycles. The van der Waals surface area contributed by atoms with E-state index in [-0.39, 0.29) is 5.91 Å². The van der Waals surface area contributed by atoms with Crippen LogP contribution in [0.5, 0.6) is 0 Å². The van der Waals surface area contributed by atoms with Gasteiger partial charge in [-0.2, -0.15) is 0 Å². The third-order valence-electron chi connectivity index (χ3n) is 3.73. The van der Waals surface area contributed by atoms with Crippen molar-refractivity contribution in [3.63, 3.8) is 0 Å². The van der Waals surface area contributed by atoms with Gasteiger partial charge in [0.25, 0.3) is 5.91 Å². The summed E-state index contributed by atoms with van der Waals surface area (Å²) in [4.78, 5) is 17.7. The van der Waals surface area contributed by atoms with Gasteiger partial charge in [0.05, 0.1) is 5.69 Å². The van der Waals surface area contributed by atoms with E-state index >= 15 is 0 Å². The van der Waals surface area contributed by atoms with E-state index in [1.807, 2.05) is 54.6 Å². The molecular weight excluding hydrogens is 318 g/mol. The highest BCUT2D eigenvalue weighted by Gasteiger charge is 2.19. The second-order valence-electron chi connectivity index (χ2n) is 5.79. The Bertz CT molecular complexity index is 856. The number of anilines is 2. The number of para-hydroxylation sites is 1. The second kappa shape index (κ2) is 6.84. The molecule has 0 unspecified atom stereocenters. The Hall–Kier alpha value is -2.66. The first-order valence-corrected chi connectivity index (χ1v) is 8.60. The number of nitrogens with two attached hydrogens (primary N) is 1. The second-order valence-corrected chi connectivity index (χ2v) is 6.82. The number of hydrogen-bond donors (Lipinski definition) is 2. The fourth-order valence-corrected chi connectivity index (χ4v) is 3.33. The molecule has 1 amide bonds. The molecule has 3 N–H and O–H groups in total. The molecule has 4 nitrogen and oxygen atoms in total. The predicted molar refractivity (Wildman–Crippen MR) is 100 cm³/mol. The van der Waals surface area contributed by atoms with Gasteiger partial charge in [0.15, 0.2) is 5.13 Å². The number of nitrogens with one attached hydrogen (secondary N) is 1. The Kier molecular flexibility index (Phi) is 4.62. The minimum Gasteiger partial charge on any atom is -0.375 e. The fourth-order valence-electron chi connectivity index (χ4n) is 2.58. The molecule has 1 heterocycles. The smallest absolute Gasteiger partial charge is 0.268 e. The summed E-state index contributed by atoms with van der Waals surface area (Å²) in [6.45, 7) is 4.20. The first-order valence-electron chi connectivity index (χ1n) is 7.78. The molecule has 3 aromatic rings. The number of carbonyl (C=O) groups is 1. The lowest BCUT2D eigenvalue weighted by atomic mass is 10.0. The third kappa shape index (κ3) is 3.31. The number of hydrogen-bond acceptors (Lipinski definition) is 4. The molecule has 122 valence electrons. The van der Waals surface area contributed by atoms with Crippen LogP contribution in [0.2, 0.25) is 0 Å². The van der Waals surface area contributed by atoms with Crippen LogP contribution in [-0.2, 0) is 0 Å². The fraction of sp³-hybridized carbons (Fsp3) is 0.158. The summed E-state index contributed by atoms with van der Waals surface area (Å²) in [6, 6.07) is 17.4. The Morgan fingerprint density at radius 2 is 1.75 bits per heavy atom. The molecule has 3 rings (SSSR count). The molecule has 0 bridgehead atoms. The number of benzene rings is 2. The molecule has 0 radical (unpaired) electrons. The van der Waals surface area contributed by atoms with E-state index in [9.17, 15) is 4.79 Å². The van der Waals surface area contributed by atoms with Gasteiger partial charge in [-0.25, -0.2) is 4.98 Å². The molecule has 0 spiro atoms. The van der Waals surface area contributed by atoms with Crippen LogP contribution < -0.4 is 11.1 Å². The molecule has 24 heavy (non-hydrogen) atoms. The van der Waals surface area contributed by atoms with Gasteiger partial charge in [0.2, 0.25) is 0 Å². The highest BCUT2D eigenvalue weighted by Crippen LogP contribution is 2.31. The van der Waals surface area contributed by atoms with Gasteiger partial charge < -0.3 is 11.1 Å². The quantitative estimate of drug-likeness (QED) is 0.720. The topological polar surface area (TPSA) is 68.0 Å². The van der Waals surface area contributed by atoms with Gasteiger partial charge in [-0.05, 0) is 17.5 Å². The first kappa shape index (κ1) is 16.2. The summed E-state index contributed by atoms with van der Waals surface area (Å²) in [7, 11) is 0. The molecule has 0 fully saturated rings. The van der Waals surface area contributed by atoms with Crippen LogP contribution in [0.1, 0.15) is 35.0 Å². The minimum absolute atomic E-state index is 0.184. The Labute approximate surface area is 145 Å². The summed E-state index contributed by atoms with van der Waals surface area (Å²) in [5.41, 5.74) is 9.28. The Morgan fingerprint density at radius 1 is 1.08 bits per heavy atom. The van der Waals surface area contributed by atoms with E-state index in [2.05, 4.69) is 24.1 Å². The maximum atomic E-state index is 12.8. The lowest BCUT2D eigenvalue weighted by Crippen LogP contribution is -2.13. The van der Waals surface area contributed by atoms with E-state index in [4.69, 9.17) is 5.73 Å². The number of nitrogen functional groups attached to an aromatic ring is 1. The largest absolute Gasteiger partial charge is 0.375 e. The summed E-state index contributed by atoms with van der Waals surface area (Å²) in [6.07, 6.45) is 0. The van der Waals surface area contributed by atoms with Crippen molar-refractivity contribution in [2.75, 3.05) is 11.1 Å². The number of rotatable bonds is 4. The molecule has 5 heteroatoms. The average Bonchev–Trinajstić information content (AvgIpc) is 2.98. The highest BCUT2D eigenvalue weighted by molar-refractivity contribution is 7.17. The van der Waals surface area contributed by atoms with E-state index in [0.717, 1.165) is 16.8 Å². The number of carbonyl (C=O) groups excluding carboxylic acids is 1. The molecular formula is C19H19N3OS. The maximum absolute atomic E-state index is 12.8. The van der Waals surface area contributed by atoms with E-state index in [1.54, 1.807) is 0 Å². The van der Waals surface area contributed by atoms with Crippen LogP contribution in [0.3, 0.4) is 0 Å². The summed E-state index contributed by atoms with van der Waals surface area (Å²) in [5, 5.41) is 3.39. The van der Waals surface area contributed by atoms with Crippen molar-refractivity contribution < 1.29 is 4.79 Å². The van der Waals surface area contributed by atoms with Crippen LogP contribution in [-0.4, -0.2) is 10.9 Å². The van der Waals surface area contributed by atoms with E-state index in [1.165, 1.54) is 11.3 Å². The van der Waals surface area contributed by atoms with Crippen molar-refractivity contribution in [3.8, 4) is 11.3 Å². The normalized spacial score (nSPS) is 10.8. The van der Waals surface area contributed by atoms with Gasteiger partial charge in [-0.3, -0.25) is 4.79 Å². The highest BCUT2D eigenvalue weighted by atomic mass is 32.1. The van der Waals surface area contributed by atoms with Crippen LogP contribution >= 0.6 is 11.3 Å². The number of amides is 1. The van der Waals surface area contributed by atoms with Gasteiger partial charge >= 0.3 is 0 Å². The average molecular weight is 337 g/mol. The number of aromatic nitrogens is 1. The Morgan fingerprint density at radius 3 is 2.46 bits per heavy atom. The molecule has 0 aliphatic rings. The lowest BCUT2D eigenvalue weighted by Gasteiger charge is -2.13. The standard InChI is InChI=1S/C19H19N3OS/c1-12(2)14-10-6-7-11-15(14)21-18(23)17-16(22-19(20)24-17)13-8-4-3-5-9-13/h3-12H,1-2H3,(H2,20,22)(H,21,23). The number of thiazole rings is 1. The molecule has 0 aliphatic heterocycles.